The van der Waals surface area contributed by atoms with Crippen molar-refractivity contribution in [3.05, 3.63) is 35.9 Å². The molecule has 0 N–H and O–H groups in total. The van der Waals surface area contributed by atoms with Crippen LogP contribution < -0.4 is 0 Å². The Morgan fingerprint density at radius 2 is 1.41 bits per heavy atom. The summed E-state index contributed by atoms with van der Waals surface area (Å²) in [6, 6.07) is 10.5. The number of unbranched alkanes of at least 4 members (excludes halogenated alkanes) is 8. The van der Waals surface area contributed by atoms with Crippen LogP contribution in [0.3, 0.4) is 0 Å². The third-order valence-corrected chi connectivity index (χ3v) is 8.18. The molecule has 0 aliphatic heterocycles. The van der Waals surface area contributed by atoms with Gasteiger partial charge in [0.05, 0.1) is 19.7 Å². The molecule has 32 heavy (non-hydrogen) atoms. The molecule has 0 radical (unpaired) electrons. The average Bonchev–Trinajstić information content (AvgIpc) is 2.80. The van der Waals surface area contributed by atoms with Crippen molar-refractivity contribution in [2.45, 2.75) is 109 Å². The van der Waals surface area contributed by atoms with Crippen LogP contribution >= 0.6 is 52.3 Å². The molecule has 8 atom stereocenters. The van der Waals surface area contributed by atoms with Crippen molar-refractivity contribution < 1.29 is 13.6 Å². The second kappa shape index (κ2) is 21.9. The molecule has 0 bridgehead atoms. The van der Waals surface area contributed by atoms with Gasteiger partial charge in [-0.2, -0.15) is 0 Å². The maximum absolute atomic E-state index is 6.30. The van der Waals surface area contributed by atoms with E-state index >= 15 is 0 Å². The molecular weight excluding hydrogens is 510 g/mol. The highest BCUT2D eigenvalue weighted by Gasteiger charge is 2.25. The molecule has 0 heterocycles. The SMILES string of the molecule is CCCCCCC(CCCCCCCCC(OP(P)P)C(OPP)c1ccccc1)OP. The quantitative estimate of drug-likeness (QED) is 0.111. The van der Waals surface area contributed by atoms with Gasteiger partial charge in [-0.3, -0.25) is 0 Å². The fraction of sp³-hybridized carbons (Fsp3) is 0.739. The zero-order valence-electron chi connectivity index (χ0n) is 19.8. The highest BCUT2D eigenvalue weighted by molar-refractivity contribution is 8.41. The first-order valence-corrected chi connectivity index (χ1v) is 19.8. The van der Waals surface area contributed by atoms with Crippen LogP contribution in [0.5, 0.6) is 0 Å². The Bertz CT molecular complexity index is 538. The Balaban J connectivity index is 2.28. The van der Waals surface area contributed by atoms with Gasteiger partial charge in [-0.05, 0) is 24.8 Å². The Morgan fingerprint density at radius 3 is 1.94 bits per heavy atom. The summed E-state index contributed by atoms with van der Waals surface area (Å²) in [6.07, 6.45) is 16.9. The first kappa shape index (κ1) is 31.7. The first-order chi connectivity index (χ1) is 15.6. The van der Waals surface area contributed by atoms with Crippen LogP contribution in [-0.2, 0) is 13.6 Å². The Kier molecular flexibility index (Phi) is 21.7. The monoisotopic (exact) mass is 556 g/mol. The van der Waals surface area contributed by atoms with Crippen molar-refractivity contribution in [3.63, 3.8) is 0 Å². The fourth-order valence-corrected chi connectivity index (χ4v) is 6.61. The highest BCUT2D eigenvalue weighted by Crippen LogP contribution is 2.56. The van der Waals surface area contributed by atoms with Crippen molar-refractivity contribution >= 4 is 52.3 Å². The van der Waals surface area contributed by atoms with Crippen LogP contribution in [0.15, 0.2) is 30.3 Å². The smallest absolute Gasteiger partial charge is 0.113 e. The summed E-state index contributed by atoms with van der Waals surface area (Å²) < 4.78 is 18.0. The number of hydrogen-bond donors (Lipinski definition) is 0. The minimum atomic E-state index is -0.585. The predicted octanol–water partition coefficient (Wildman–Crippen LogP) is 9.76. The molecule has 0 fully saturated rings. The van der Waals surface area contributed by atoms with Gasteiger partial charge in [-0.1, -0.05) is 128 Å². The second-order valence-electron chi connectivity index (χ2n) is 8.38. The van der Waals surface area contributed by atoms with Crippen molar-refractivity contribution in [2.75, 3.05) is 0 Å². The molecule has 1 aromatic rings. The summed E-state index contributed by atoms with van der Waals surface area (Å²) in [5.74, 6) is 0. The predicted molar refractivity (Wildman–Crippen MR) is 160 cm³/mol. The normalized spacial score (nSPS) is 14.9. The summed E-state index contributed by atoms with van der Waals surface area (Å²) in [5, 5.41) is 0. The van der Waals surface area contributed by atoms with Crippen LogP contribution in [0.4, 0.5) is 0 Å². The van der Waals surface area contributed by atoms with Crippen LogP contribution in [0.1, 0.15) is 102 Å². The van der Waals surface area contributed by atoms with Gasteiger partial charge in [0.25, 0.3) is 0 Å². The van der Waals surface area contributed by atoms with Crippen molar-refractivity contribution in [3.8, 4) is 0 Å². The lowest BCUT2D eigenvalue weighted by Crippen LogP contribution is -2.20. The molecule has 0 aromatic heterocycles. The Hall–Kier alpha value is 1.68. The van der Waals surface area contributed by atoms with E-state index in [2.05, 4.69) is 73.5 Å². The summed E-state index contributed by atoms with van der Waals surface area (Å²) in [4.78, 5) is 0. The molecule has 0 amide bonds. The van der Waals surface area contributed by atoms with Gasteiger partial charge in [0.1, 0.15) is 6.10 Å². The van der Waals surface area contributed by atoms with Gasteiger partial charge in [0.15, 0.2) is 0 Å². The van der Waals surface area contributed by atoms with E-state index in [1.807, 2.05) is 0 Å². The number of benzene rings is 1. The van der Waals surface area contributed by atoms with E-state index in [0.29, 0.717) is 14.6 Å². The van der Waals surface area contributed by atoms with Crippen LogP contribution in [0.25, 0.3) is 0 Å². The van der Waals surface area contributed by atoms with Gasteiger partial charge in [0.2, 0.25) is 0 Å². The van der Waals surface area contributed by atoms with E-state index in [-0.39, 0.29) is 12.2 Å². The lowest BCUT2D eigenvalue weighted by Gasteiger charge is -2.28. The lowest BCUT2D eigenvalue weighted by atomic mass is 9.98. The second-order valence-corrected chi connectivity index (χ2v) is 15.6. The molecule has 1 rings (SSSR count). The summed E-state index contributed by atoms with van der Waals surface area (Å²) in [5.41, 5.74) is 1.21. The van der Waals surface area contributed by atoms with E-state index in [9.17, 15) is 0 Å². The first-order valence-electron chi connectivity index (χ1n) is 12.1. The largest absolute Gasteiger partial charge is 0.362 e. The van der Waals surface area contributed by atoms with Crippen LogP contribution in [0.2, 0.25) is 0 Å². The molecule has 186 valence electrons. The van der Waals surface area contributed by atoms with Crippen LogP contribution in [-0.4, -0.2) is 12.2 Å². The van der Waals surface area contributed by atoms with Gasteiger partial charge in [0, 0.05) is 18.0 Å². The van der Waals surface area contributed by atoms with Crippen molar-refractivity contribution in [1.29, 1.82) is 0 Å². The highest BCUT2D eigenvalue weighted by atomic mass is 32.4. The maximum atomic E-state index is 6.30. The summed E-state index contributed by atoms with van der Waals surface area (Å²) >= 11 is 0. The Morgan fingerprint density at radius 1 is 0.844 bits per heavy atom. The zero-order chi connectivity index (χ0) is 23.4. The number of rotatable bonds is 21. The molecule has 0 aliphatic rings. The number of hydrogen-bond acceptors (Lipinski definition) is 3. The van der Waals surface area contributed by atoms with E-state index in [4.69, 9.17) is 13.6 Å². The molecular formula is C23H46O3P6. The molecule has 0 saturated heterocycles. The van der Waals surface area contributed by atoms with Gasteiger partial charge >= 0.3 is 0 Å². The molecule has 1 aromatic carbocycles. The Labute approximate surface area is 210 Å². The van der Waals surface area contributed by atoms with Gasteiger partial charge in [-0.25, -0.2) is 0 Å². The molecule has 9 heteroatoms. The molecule has 3 nitrogen and oxygen atoms in total. The molecule has 0 aliphatic carbocycles. The third kappa shape index (κ3) is 15.6. The third-order valence-electron chi connectivity index (χ3n) is 5.75. The van der Waals surface area contributed by atoms with Crippen molar-refractivity contribution in [1.82, 2.24) is 0 Å². The topological polar surface area (TPSA) is 27.7 Å². The minimum absolute atomic E-state index is 0.000642. The van der Waals surface area contributed by atoms with Crippen molar-refractivity contribution in [2.24, 2.45) is 0 Å². The van der Waals surface area contributed by atoms with E-state index in [1.54, 1.807) is 0 Å². The average molecular weight is 556 g/mol. The van der Waals surface area contributed by atoms with E-state index in [0.717, 1.165) is 6.42 Å². The molecule has 0 saturated carbocycles. The fourth-order valence-electron chi connectivity index (χ4n) is 3.99. The molecule has 8 unspecified atom stereocenters. The van der Waals surface area contributed by atoms with E-state index in [1.165, 1.54) is 82.6 Å². The maximum Gasteiger partial charge on any atom is 0.113 e. The summed E-state index contributed by atoms with van der Waals surface area (Å²) in [6.45, 7) is 2.26. The van der Waals surface area contributed by atoms with Gasteiger partial charge < -0.3 is 13.6 Å². The summed E-state index contributed by atoms with van der Waals surface area (Å²) in [7, 11) is 10.6. The molecule has 0 spiro atoms. The van der Waals surface area contributed by atoms with E-state index < -0.39 is 7.53 Å². The standard InChI is InChI=1S/C23H46O3P6/c1-2-3-4-12-17-21(24-27)18-13-7-5-6-8-14-19-22(26-32(29)30)23(25-31-28)20-15-10-9-11-16-20/h9-11,15-16,21-23,31H,2-8,12-14,17-19,27-30H2,1H3. The van der Waals surface area contributed by atoms with Crippen LogP contribution in [0, 0.1) is 0 Å². The zero-order valence-corrected chi connectivity index (χ0v) is 26.3. The lowest BCUT2D eigenvalue weighted by molar-refractivity contribution is 0.0711. The minimum Gasteiger partial charge on any atom is -0.362 e. The van der Waals surface area contributed by atoms with Gasteiger partial charge in [-0.15, -0.1) is 0 Å².